The molecule has 0 unspecified atom stereocenters. The lowest BCUT2D eigenvalue weighted by molar-refractivity contribution is -0.139. The number of likely N-dealkylation sites (N-methyl/N-ethyl adjacent to an activating group) is 1. The highest BCUT2D eigenvalue weighted by atomic mass is 32.2. The molecule has 1 aliphatic rings. The van der Waals surface area contributed by atoms with E-state index in [1.807, 2.05) is 49.9 Å². The summed E-state index contributed by atoms with van der Waals surface area (Å²) >= 11 is 1.14. The fraction of sp³-hybridized carbons (Fsp3) is 0.393. The highest BCUT2D eigenvalue weighted by molar-refractivity contribution is 7.99. The maximum atomic E-state index is 14.2. The predicted octanol–water partition coefficient (Wildman–Crippen LogP) is 6.88. The topological polar surface area (TPSA) is 49.3 Å². The van der Waals surface area contributed by atoms with Crippen LogP contribution in [0.4, 0.5) is 19.0 Å². The molecule has 37 heavy (non-hydrogen) atoms. The maximum absolute atomic E-state index is 14.2. The molecule has 9 heteroatoms. The van der Waals surface area contributed by atoms with Crippen LogP contribution in [0.1, 0.15) is 51.2 Å². The molecule has 0 aliphatic carbocycles. The Hall–Kier alpha value is -3.07. The lowest BCUT2D eigenvalue weighted by atomic mass is 10.0. The molecule has 3 aromatic rings. The molecular weight excluding hydrogens is 497 g/mol. The molecule has 1 aliphatic heterocycles. The highest BCUT2D eigenvalue weighted by Crippen LogP contribution is 2.43. The second-order valence-corrected chi connectivity index (χ2v) is 10.5. The number of carbonyl (C=O) groups excluding carboxylic acids is 1. The van der Waals surface area contributed by atoms with Gasteiger partial charge in [0.15, 0.2) is 0 Å². The summed E-state index contributed by atoms with van der Waals surface area (Å²) in [6.07, 6.45) is -2.32. The summed E-state index contributed by atoms with van der Waals surface area (Å²) in [6, 6.07) is 13.8. The third-order valence-electron chi connectivity index (χ3n) is 6.67. The summed E-state index contributed by atoms with van der Waals surface area (Å²) in [7, 11) is 0. The van der Waals surface area contributed by atoms with Crippen molar-refractivity contribution in [3.63, 3.8) is 0 Å². The molecule has 0 saturated carbocycles. The minimum Gasteiger partial charge on any atom is -0.354 e. The summed E-state index contributed by atoms with van der Waals surface area (Å²) in [6.45, 7) is 9.55. The Morgan fingerprint density at radius 1 is 1.14 bits per heavy atom. The minimum atomic E-state index is -4.51. The fourth-order valence-corrected chi connectivity index (χ4v) is 6.01. The smallest absolute Gasteiger partial charge is 0.354 e. The van der Waals surface area contributed by atoms with Gasteiger partial charge < -0.3 is 9.80 Å². The molecule has 196 valence electrons. The van der Waals surface area contributed by atoms with E-state index in [1.54, 1.807) is 19.1 Å². The predicted molar refractivity (Wildman–Crippen MR) is 141 cm³/mol. The van der Waals surface area contributed by atoms with Crippen molar-refractivity contribution in [3.05, 3.63) is 66.0 Å². The first-order valence-electron chi connectivity index (χ1n) is 12.4. The summed E-state index contributed by atoms with van der Waals surface area (Å²) in [4.78, 5) is 25.5. The maximum Gasteiger partial charge on any atom is 0.417 e. The number of hydrogen-bond donors (Lipinski definition) is 0. The molecule has 1 saturated heterocycles. The van der Waals surface area contributed by atoms with Crippen LogP contribution in [0.25, 0.3) is 11.3 Å². The standard InChI is InChI=1S/C28H31F3N4OS/c1-5-35(19(4)36)21-12-13-34(16-21)27-15-24(32-17-33-27)20-10-11-26(23(14-20)28(29,30)31)37-25-9-7-6-8-22(25)18(2)3/h6-11,14-15,17-18,21H,5,12-13,16H2,1-4H3/t21-/m0/s1. The normalized spacial score (nSPS) is 15.9. The van der Waals surface area contributed by atoms with Crippen molar-refractivity contribution in [2.45, 2.75) is 62.0 Å². The number of halogens is 3. The van der Waals surface area contributed by atoms with E-state index in [2.05, 4.69) is 14.9 Å². The van der Waals surface area contributed by atoms with E-state index >= 15 is 0 Å². The van der Waals surface area contributed by atoms with Crippen LogP contribution in [0.2, 0.25) is 0 Å². The molecular formula is C28H31F3N4OS. The van der Waals surface area contributed by atoms with E-state index in [4.69, 9.17) is 0 Å². The van der Waals surface area contributed by atoms with Crippen LogP contribution in [-0.4, -0.2) is 46.5 Å². The van der Waals surface area contributed by atoms with Crippen LogP contribution >= 0.6 is 11.8 Å². The van der Waals surface area contributed by atoms with Gasteiger partial charge in [-0.3, -0.25) is 4.79 Å². The molecule has 1 aromatic heterocycles. The zero-order valence-corrected chi connectivity index (χ0v) is 22.2. The van der Waals surface area contributed by atoms with E-state index in [0.717, 1.165) is 28.6 Å². The molecule has 5 nitrogen and oxygen atoms in total. The van der Waals surface area contributed by atoms with E-state index in [-0.39, 0.29) is 22.8 Å². The van der Waals surface area contributed by atoms with Crippen LogP contribution in [0.3, 0.4) is 0 Å². The zero-order chi connectivity index (χ0) is 26.7. The Balaban J connectivity index is 1.63. The second-order valence-electron chi connectivity index (χ2n) is 9.46. The molecule has 0 radical (unpaired) electrons. The number of nitrogens with zero attached hydrogens (tertiary/aromatic N) is 4. The van der Waals surface area contributed by atoms with Crippen molar-refractivity contribution in [1.29, 1.82) is 0 Å². The van der Waals surface area contributed by atoms with Gasteiger partial charge in [0.2, 0.25) is 5.91 Å². The Kier molecular flexibility index (Phi) is 8.11. The number of aromatic nitrogens is 2. The number of rotatable bonds is 7. The quantitative estimate of drug-likeness (QED) is 0.334. The first-order valence-corrected chi connectivity index (χ1v) is 13.2. The van der Waals surface area contributed by atoms with Gasteiger partial charge in [-0.2, -0.15) is 13.2 Å². The van der Waals surface area contributed by atoms with Crippen LogP contribution in [0.15, 0.2) is 64.6 Å². The van der Waals surface area contributed by atoms with Gasteiger partial charge in [-0.15, -0.1) is 0 Å². The minimum absolute atomic E-state index is 0.0337. The van der Waals surface area contributed by atoms with Crippen molar-refractivity contribution in [2.75, 3.05) is 24.5 Å². The van der Waals surface area contributed by atoms with Gasteiger partial charge in [-0.25, -0.2) is 9.97 Å². The molecule has 4 rings (SSSR count). The van der Waals surface area contributed by atoms with Gasteiger partial charge in [0.05, 0.1) is 17.3 Å². The molecule has 2 heterocycles. The Bertz CT molecular complexity index is 1260. The number of amides is 1. The van der Waals surface area contributed by atoms with E-state index < -0.39 is 11.7 Å². The average molecular weight is 529 g/mol. The number of anilines is 1. The molecule has 0 spiro atoms. The van der Waals surface area contributed by atoms with Gasteiger partial charge in [0.1, 0.15) is 12.1 Å². The van der Waals surface area contributed by atoms with Crippen LogP contribution in [0.5, 0.6) is 0 Å². The van der Waals surface area contributed by atoms with Gasteiger partial charge in [0.25, 0.3) is 0 Å². The summed E-state index contributed by atoms with van der Waals surface area (Å²) < 4.78 is 42.5. The lowest BCUT2D eigenvalue weighted by Gasteiger charge is -2.27. The number of carbonyl (C=O) groups is 1. The fourth-order valence-electron chi connectivity index (χ4n) is 4.79. The second kappa shape index (κ2) is 11.1. The monoisotopic (exact) mass is 528 g/mol. The van der Waals surface area contributed by atoms with Gasteiger partial charge >= 0.3 is 6.18 Å². The van der Waals surface area contributed by atoms with Crippen molar-refractivity contribution in [1.82, 2.24) is 14.9 Å². The number of benzene rings is 2. The molecule has 2 aromatic carbocycles. The Labute approximate surface area is 220 Å². The highest BCUT2D eigenvalue weighted by Gasteiger charge is 2.35. The summed E-state index contributed by atoms with van der Waals surface area (Å²) in [5, 5.41) is 0. The van der Waals surface area contributed by atoms with Gasteiger partial charge in [-0.1, -0.05) is 49.9 Å². The first kappa shape index (κ1) is 27.0. The van der Waals surface area contributed by atoms with Crippen molar-refractivity contribution in [2.24, 2.45) is 0 Å². The van der Waals surface area contributed by atoms with E-state index in [9.17, 15) is 18.0 Å². The molecule has 0 bridgehead atoms. The Morgan fingerprint density at radius 2 is 1.89 bits per heavy atom. The average Bonchev–Trinajstić information content (AvgIpc) is 3.34. The van der Waals surface area contributed by atoms with E-state index in [0.29, 0.717) is 36.7 Å². The van der Waals surface area contributed by atoms with Crippen LogP contribution in [0, 0.1) is 0 Å². The summed E-state index contributed by atoms with van der Waals surface area (Å²) in [5.74, 6) is 0.873. The lowest BCUT2D eigenvalue weighted by Crippen LogP contribution is -2.40. The summed E-state index contributed by atoms with van der Waals surface area (Å²) in [5.41, 5.74) is 1.14. The van der Waals surface area contributed by atoms with Crippen LogP contribution in [-0.2, 0) is 11.0 Å². The number of hydrogen-bond acceptors (Lipinski definition) is 5. The third-order valence-corrected chi connectivity index (χ3v) is 7.84. The first-order chi connectivity index (χ1) is 17.6. The molecule has 0 N–H and O–H groups in total. The van der Waals surface area contributed by atoms with Crippen molar-refractivity contribution < 1.29 is 18.0 Å². The van der Waals surface area contributed by atoms with Crippen LogP contribution < -0.4 is 4.90 Å². The third kappa shape index (κ3) is 6.09. The molecule has 1 amide bonds. The van der Waals surface area contributed by atoms with Gasteiger partial charge in [-0.05, 0) is 43.0 Å². The largest absolute Gasteiger partial charge is 0.417 e. The SMILES string of the molecule is CCN(C(C)=O)[C@H]1CCN(c2cc(-c3ccc(Sc4ccccc4C(C)C)c(C(F)(F)F)c3)ncn2)C1. The molecule has 1 atom stereocenters. The van der Waals surface area contributed by atoms with Gasteiger partial charge in [0, 0.05) is 48.0 Å². The zero-order valence-electron chi connectivity index (χ0n) is 21.4. The van der Waals surface area contributed by atoms with E-state index in [1.165, 1.54) is 18.5 Å². The van der Waals surface area contributed by atoms with Crippen molar-refractivity contribution >= 4 is 23.5 Å². The Morgan fingerprint density at radius 3 is 2.57 bits per heavy atom. The number of alkyl halides is 3. The molecule has 1 fully saturated rings. The van der Waals surface area contributed by atoms with Crippen molar-refractivity contribution in [3.8, 4) is 11.3 Å².